The molecule has 3 rings (SSSR count). The zero-order chi connectivity index (χ0) is 22.1. The lowest BCUT2D eigenvalue weighted by Gasteiger charge is -2.09. The molecular formula is C19H17ClFN3O4S2. The number of carbonyl (C=O) groups is 1. The third kappa shape index (κ3) is 5.26. The lowest BCUT2D eigenvalue weighted by atomic mass is 10.1. The molecule has 0 aliphatic carbocycles. The predicted octanol–water partition coefficient (Wildman–Crippen LogP) is 4.54. The molecule has 1 amide bonds. The predicted molar refractivity (Wildman–Crippen MR) is 117 cm³/mol. The first-order valence-corrected chi connectivity index (χ1v) is 11.5. The van der Waals surface area contributed by atoms with Crippen molar-refractivity contribution >= 4 is 50.2 Å². The van der Waals surface area contributed by atoms with E-state index in [1.54, 1.807) is 13.0 Å². The number of aromatic nitrogens is 1. The van der Waals surface area contributed by atoms with Gasteiger partial charge in [0.25, 0.3) is 5.91 Å². The molecule has 7 nitrogen and oxygen atoms in total. The maximum absolute atomic E-state index is 14.4. The number of hydrogen-bond acceptors (Lipinski definition) is 6. The summed E-state index contributed by atoms with van der Waals surface area (Å²) in [6.07, 6.45) is 2.41. The summed E-state index contributed by atoms with van der Waals surface area (Å²) in [5, 5.41) is 2.91. The normalized spacial score (nSPS) is 11.2. The number of carbonyl (C=O) groups excluding carboxylic acids is 1. The molecule has 0 aliphatic rings. The van der Waals surface area contributed by atoms with Gasteiger partial charge in [0.05, 0.1) is 30.1 Å². The molecule has 30 heavy (non-hydrogen) atoms. The van der Waals surface area contributed by atoms with Crippen LogP contribution in [0.4, 0.5) is 15.8 Å². The molecule has 2 aromatic heterocycles. The van der Waals surface area contributed by atoms with Crippen molar-refractivity contribution < 1.29 is 22.3 Å². The molecule has 2 heterocycles. The van der Waals surface area contributed by atoms with Crippen LogP contribution in [0.3, 0.4) is 0 Å². The number of nitrogens with zero attached hydrogens (tertiary/aromatic N) is 1. The Kier molecular flexibility index (Phi) is 6.30. The zero-order valence-electron chi connectivity index (χ0n) is 16.1. The number of anilines is 2. The van der Waals surface area contributed by atoms with Crippen LogP contribution in [0.1, 0.15) is 14.5 Å². The van der Waals surface area contributed by atoms with Crippen LogP contribution in [0, 0.1) is 12.7 Å². The highest BCUT2D eigenvalue weighted by atomic mass is 35.5. The first-order chi connectivity index (χ1) is 14.1. The van der Waals surface area contributed by atoms with Gasteiger partial charge in [0.15, 0.2) is 5.82 Å². The minimum absolute atomic E-state index is 0.117. The van der Waals surface area contributed by atoms with Gasteiger partial charge in [0.1, 0.15) is 11.4 Å². The number of pyridine rings is 1. The highest BCUT2D eigenvalue weighted by molar-refractivity contribution is 7.92. The molecular weight excluding hydrogens is 453 g/mol. The SMILES string of the molecule is COc1cnc(-c2cc(C(=O)Nc3cc(Cl)cc(NS(C)(=O)=O)c3)sc2C)c(F)c1. The van der Waals surface area contributed by atoms with Crippen molar-refractivity contribution in [2.45, 2.75) is 6.92 Å². The van der Waals surface area contributed by atoms with Gasteiger partial charge in [-0.3, -0.25) is 9.52 Å². The molecule has 0 saturated carbocycles. The summed E-state index contributed by atoms with van der Waals surface area (Å²) < 4.78 is 44.5. The molecule has 158 valence electrons. The number of amides is 1. The maximum atomic E-state index is 14.4. The summed E-state index contributed by atoms with van der Waals surface area (Å²) in [5.41, 5.74) is 1.13. The van der Waals surface area contributed by atoms with E-state index in [0.29, 0.717) is 26.8 Å². The van der Waals surface area contributed by atoms with Gasteiger partial charge < -0.3 is 10.1 Å². The average Bonchev–Trinajstić information content (AvgIpc) is 3.01. The van der Waals surface area contributed by atoms with Crippen LogP contribution >= 0.6 is 22.9 Å². The highest BCUT2D eigenvalue weighted by Crippen LogP contribution is 2.33. The Bertz CT molecular complexity index is 1230. The number of thiophene rings is 1. The number of hydrogen-bond donors (Lipinski definition) is 2. The van der Waals surface area contributed by atoms with E-state index in [0.717, 1.165) is 6.26 Å². The maximum Gasteiger partial charge on any atom is 0.265 e. The number of halogens is 2. The van der Waals surface area contributed by atoms with Crippen molar-refractivity contribution in [1.29, 1.82) is 0 Å². The molecule has 1 aromatic carbocycles. The molecule has 3 aromatic rings. The standard InChI is InChI=1S/C19H17ClFN3O4S2/c1-10-15(18-16(21)7-14(28-2)9-22-18)8-17(29-10)19(25)23-12-4-11(20)5-13(6-12)24-30(3,26)27/h4-9,24H,1-3H3,(H,23,25). The molecule has 0 atom stereocenters. The minimum atomic E-state index is -3.50. The molecule has 0 aliphatic heterocycles. The summed E-state index contributed by atoms with van der Waals surface area (Å²) >= 11 is 7.20. The van der Waals surface area contributed by atoms with E-state index in [-0.39, 0.29) is 16.4 Å². The van der Waals surface area contributed by atoms with Crippen molar-refractivity contribution in [2.24, 2.45) is 0 Å². The fraction of sp³-hybridized carbons (Fsp3) is 0.158. The minimum Gasteiger partial charge on any atom is -0.495 e. The van der Waals surface area contributed by atoms with Crippen LogP contribution in [0.15, 0.2) is 36.5 Å². The third-order valence-corrected chi connectivity index (χ3v) is 5.78. The summed E-state index contributed by atoms with van der Waals surface area (Å²) in [4.78, 5) is 17.8. The molecule has 0 radical (unpaired) electrons. The summed E-state index contributed by atoms with van der Waals surface area (Å²) in [6, 6.07) is 7.12. The lowest BCUT2D eigenvalue weighted by Crippen LogP contribution is -2.12. The molecule has 0 spiro atoms. The number of benzene rings is 1. The summed E-state index contributed by atoms with van der Waals surface area (Å²) in [7, 11) is -2.09. The van der Waals surface area contributed by atoms with Gasteiger partial charge in [-0.25, -0.2) is 17.8 Å². The zero-order valence-corrected chi connectivity index (χ0v) is 18.5. The molecule has 0 fully saturated rings. The Morgan fingerprint density at radius 1 is 1.20 bits per heavy atom. The number of ether oxygens (including phenoxy) is 1. The summed E-state index contributed by atoms with van der Waals surface area (Å²) in [5.74, 6) is -0.717. The molecule has 11 heteroatoms. The van der Waals surface area contributed by atoms with E-state index >= 15 is 0 Å². The third-order valence-electron chi connectivity index (χ3n) is 3.91. The van der Waals surface area contributed by atoms with Gasteiger partial charge in [-0.05, 0) is 31.2 Å². The molecule has 2 N–H and O–H groups in total. The van der Waals surface area contributed by atoms with Crippen molar-refractivity contribution in [1.82, 2.24) is 4.98 Å². The topological polar surface area (TPSA) is 97.4 Å². The first-order valence-electron chi connectivity index (χ1n) is 8.46. The fourth-order valence-corrected chi connectivity index (χ4v) is 4.38. The Hall–Kier alpha value is -2.69. The van der Waals surface area contributed by atoms with Crippen molar-refractivity contribution in [2.75, 3.05) is 23.4 Å². The van der Waals surface area contributed by atoms with Gasteiger partial charge in [-0.15, -0.1) is 11.3 Å². The van der Waals surface area contributed by atoms with Gasteiger partial charge >= 0.3 is 0 Å². The number of rotatable bonds is 6. The van der Waals surface area contributed by atoms with E-state index in [1.165, 1.54) is 48.9 Å². The van der Waals surface area contributed by atoms with Crippen molar-refractivity contribution in [3.8, 4) is 17.0 Å². The number of methoxy groups -OCH3 is 1. The highest BCUT2D eigenvalue weighted by Gasteiger charge is 2.18. The second-order valence-electron chi connectivity index (χ2n) is 6.34. The van der Waals surface area contributed by atoms with Gasteiger partial charge in [0.2, 0.25) is 10.0 Å². The van der Waals surface area contributed by atoms with Crippen LogP contribution in [0.2, 0.25) is 5.02 Å². The van der Waals surface area contributed by atoms with Gasteiger partial charge in [-0.1, -0.05) is 11.6 Å². The van der Waals surface area contributed by atoms with E-state index in [4.69, 9.17) is 16.3 Å². The summed E-state index contributed by atoms with van der Waals surface area (Å²) in [6.45, 7) is 1.76. The van der Waals surface area contributed by atoms with Crippen LogP contribution in [-0.2, 0) is 10.0 Å². The van der Waals surface area contributed by atoms with E-state index < -0.39 is 21.7 Å². The molecule has 0 unspecified atom stereocenters. The average molecular weight is 470 g/mol. The van der Waals surface area contributed by atoms with Crippen LogP contribution in [-0.4, -0.2) is 32.7 Å². The Balaban J connectivity index is 1.86. The van der Waals surface area contributed by atoms with Crippen LogP contribution < -0.4 is 14.8 Å². The van der Waals surface area contributed by atoms with E-state index in [2.05, 4.69) is 15.0 Å². The first kappa shape index (κ1) is 22.0. The second kappa shape index (κ2) is 8.58. The van der Waals surface area contributed by atoms with Crippen molar-refractivity contribution in [3.63, 3.8) is 0 Å². The Morgan fingerprint density at radius 2 is 1.90 bits per heavy atom. The van der Waals surface area contributed by atoms with E-state index in [9.17, 15) is 17.6 Å². The second-order valence-corrected chi connectivity index (χ2v) is 9.78. The molecule has 0 saturated heterocycles. The largest absolute Gasteiger partial charge is 0.495 e. The lowest BCUT2D eigenvalue weighted by molar-refractivity contribution is 0.103. The number of nitrogens with one attached hydrogen (secondary N) is 2. The van der Waals surface area contributed by atoms with Gasteiger partial charge in [0, 0.05) is 27.2 Å². The monoisotopic (exact) mass is 469 g/mol. The fourth-order valence-electron chi connectivity index (χ4n) is 2.69. The Morgan fingerprint density at radius 3 is 2.53 bits per heavy atom. The van der Waals surface area contributed by atoms with Gasteiger partial charge in [-0.2, -0.15) is 0 Å². The van der Waals surface area contributed by atoms with Crippen LogP contribution in [0.25, 0.3) is 11.3 Å². The van der Waals surface area contributed by atoms with Crippen LogP contribution in [0.5, 0.6) is 5.75 Å². The molecule has 0 bridgehead atoms. The number of aryl methyl sites for hydroxylation is 1. The quantitative estimate of drug-likeness (QED) is 0.552. The Labute approximate surface area is 181 Å². The smallest absolute Gasteiger partial charge is 0.265 e. The van der Waals surface area contributed by atoms with E-state index in [1.807, 2.05) is 0 Å². The van der Waals surface area contributed by atoms with Crippen molar-refractivity contribution in [3.05, 3.63) is 57.1 Å². The number of sulfonamides is 1.